The molecule has 6 heteroatoms. The summed E-state index contributed by atoms with van der Waals surface area (Å²) in [6, 6.07) is 5.08. The number of carbonyl (C=O) groups excluding carboxylic acids is 1. The van der Waals surface area contributed by atoms with Gasteiger partial charge in [-0.05, 0) is 47.0 Å². The molecular formula is C14H16BrClN2OS. The molecule has 0 bridgehead atoms. The van der Waals surface area contributed by atoms with Crippen molar-refractivity contribution in [3.05, 3.63) is 33.3 Å². The molecule has 0 atom stereocenters. The summed E-state index contributed by atoms with van der Waals surface area (Å²) in [5.74, 6) is -0.169. The van der Waals surface area contributed by atoms with Gasteiger partial charge in [0.2, 0.25) is 0 Å². The minimum absolute atomic E-state index is 0.169. The second-order valence-corrected chi connectivity index (χ2v) is 6.79. The number of benzene rings is 1. The van der Waals surface area contributed by atoms with Crippen molar-refractivity contribution >= 4 is 50.6 Å². The zero-order valence-corrected chi connectivity index (χ0v) is 14.1. The molecule has 0 heterocycles. The zero-order chi connectivity index (χ0) is 14.8. The van der Waals surface area contributed by atoms with Crippen LogP contribution in [0.3, 0.4) is 0 Å². The maximum absolute atomic E-state index is 12.4. The third kappa shape index (κ3) is 3.32. The van der Waals surface area contributed by atoms with Crippen molar-refractivity contribution in [3.8, 4) is 0 Å². The number of rotatable bonds is 3. The number of amides is 1. The van der Waals surface area contributed by atoms with E-state index in [1.54, 1.807) is 18.2 Å². The topological polar surface area (TPSA) is 55.1 Å². The van der Waals surface area contributed by atoms with Gasteiger partial charge in [0, 0.05) is 10.0 Å². The summed E-state index contributed by atoms with van der Waals surface area (Å²) in [6.45, 7) is 0. The molecule has 0 aromatic heterocycles. The predicted molar refractivity (Wildman–Crippen MR) is 89.2 cm³/mol. The highest BCUT2D eigenvalue weighted by Gasteiger charge is 2.36. The Kier molecular flexibility index (Phi) is 5.04. The molecule has 3 nitrogen and oxygen atoms in total. The van der Waals surface area contributed by atoms with E-state index >= 15 is 0 Å². The van der Waals surface area contributed by atoms with Crippen LogP contribution in [-0.2, 0) is 0 Å². The Labute approximate surface area is 137 Å². The van der Waals surface area contributed by atoms with Crippen molar-refractivity contribution in [2.45, 2.75) is 37.6 Å². The molecule has 1 aliphatic carbocycles. The normalized spacial score (nSPS) is 17.5. The summed E-state index contributed by atoms with van der Waals surface area (Å²) < 4.78 is 0.694. The van der Waals surface area contributed by atoms with Crippen molar-refractivity contribution < 1.29 is 4.79 Å². The van der Waals surface area contributed by atoms with Gasteiger partial charge in [-0.3, -0.25) is 4.79 Å². The van der Waals surface area contributed by atoms with E-state index in [1.165, 1.54) is 0 Å². The van der Waals surface area contributed by atoms with Gasteiger partial charge >= 0.3 is 0 Å². The van der Waals surface area contributed by atoms with Gasteiger partial charge < -0.3 is 11.1 Å². The Morgan fingerprint density at radius 3 is 2.55 bits per heavy atom. The summed E-state index contributed by atoms with van der Waals surface area (Å²) in [5, 5.41) is 3.60. The SMILES string of the molecule is NC(=S)C1(NC(=O)c2ccc(Cl)c(Br)c2)CCCCC1. The van der Waals surface area contributed by atoms with Crippen LogP contribution in [0.15, 0.2) is 22.7 Å². The van der Waals surface area contributed by atoms with Crippen LogP contribution in [0.5, 0.6) is 0 Å². The lowest BCUT2D eigenvalue weighted by Gasteiger charge is -2.37. The number of nitrogens with one attached hydrogen (secondary N) is 1. The summed E-state index contributed by atoms with van der Waals surface area (Å²) in [6.07, 6.45) is 4.84. The highest BCUT2D eigenvalue weighted by atomic mass is 79.9. The van der Waals surface area contributed by atoms with E-state index in [-0.39, 0.29) is 5.91 Å². The quantitative estimate of drug-likeness (QED) is 0.790. The molecule has 0 spiro atoms. The van der Waals surface area contributed by atoms with Crippen LogP contribution in [-0.4, -0.2) is 16.4 Å². The lowest BCUT2D eigenvalue weighted by atomic mass is 9.81. The first-order valence-corrected chi connectivity index (χ1v) is 8.10. The molecule has 108 valence electrons. The molecular weight excluding hydrogens is 360 g/mol. The number of hydrogen-bond donors (Lipinski definition) is 2. The lowest BCUT2D eigenvalue weighted by molar-refractivity contribution is 0.0908. The third-order valence-electron chi connectivity index (χ3n) is 3.71. The molecule has 1 aliphatic rings. The van der Waals surface area contributed by atoms with Crippen molar-refractivity contribution in [2.24, 2.45) is 5.73 Å². The molecule has 0 radical (unpaired) electrons. The molecule has 1 aromatic rings. The zero-order valence-electron chi connectivity index (χ0n) is 10.9. The Balaban J connectivity index is 2.20. The Hall–Kier alpha value is -0.650. The van der Waals surface area contributed by atoms with Gasteiger partial charge in [-0.25, -0.2) is 0 Å². The minimum atomic E-state index is -0.545. The molecule has 20 heavy (non-hydrogen) atoms. The van der Waals surface area contributed by atoms with Crippen molar-refractivity contribution in [2.75, 3.05) is 0 Å². The van der Waals surface area contributed by atoms with E-state index in [0.29, 0.717) is 20.0 Å². The summed E-state index contributed by atoms with van der Waals surface area (Å²) in [7, 11) is 0. The van der Waals surface area contributed by atoms with E-state index in [0.717, 1.165) is 32.1 Å². The number of halogens is 2. The molecule has 1 fully saturated rings. The first-order valence-electron chi connectivity index (χ1n) is 6.52. The molecule has 0 unspecified atom stereocenters. The summed E-state index contributed by atoms with van der Waals surface area (Å²) in [5.41, 5.74) is 5.87. The fraction of sp³-hybridized carbons (Fsp3) is 0.429. The number of thiocarbonyl (C=S) groups is 1. The van der Waals surface area contributed by atoms with Crippen LogP contribution in [0.1, 0.15) is 42.5 Å². The molecule has 1 aromatic carbocycles. The molecule has 1 amide bonds. The van der Waals surface area contributed by atoms with Crippen LogP contribution in [0.2, 0.25) is 5.02 Å². The Morgan fingerprint density at radius 1 is 1.35 bits per heavy atom. The van der Waals surface area contributed by atoms with Gasteiger partial charge in [0.25, 0.3) is 5.91 Å². The summed E-state index contributed by atoms with van der Waals surface area (Å²) in [4.78, 5) is 12.8. The Morgan fingerprint density at radius 2 is 2.00 bits per heavy atom. The van der Waals surface area contributed by atoms with Crippen LogP contribution in [0, 0.1) is 0 Å². The first kappa shape index (κ1) is 15.7. The molecule has 1 saturated carbocycles. The van der Waals surface area contributed by atoms with E-state index in [4.69, 9.17) is 29.6 Å². The highest BCUT2D eigenvalue weighted by Crippen LogP contribution is 2.29. The van der Waals surface area contributed by atoms with E-state index in [2.05, 4.69) is 21.2 Å². The standard InChI is InChI=1S/C14H16BrClN2OS/c15-10-8-9(4-5-11(10)16)12(19)18-14(13(17)20)6-2-1-3-7-14/h4-5,8H,1-3,6-7H2,(H2,17,20)(H,18,19). The van der Waals surface area contributed by atoms with Crippen LogP contribution >= 0.6 is 39.7 Å². The van der Waals surface area contributed by atoms with Crippen molar-refractivity contribution in [1.29, 1.82) is 0 Å². The van der Waals surface area contributed by atoms with Crippen LogP contribution in [0.4, 0.5) is 0 Å². The highest BCUT2D eigenvalue weighted by molar-refractivity contribution is 9.10. The molecule has 0 saturated heterocycles. The second-order valence-electron chi connectivity index (χ2n) is 5.09. The van der Waals surface area contributed by atoms with Gasteiger partial charge in [-0.2, -0.15) is 0 Å². The van der Waals surface area contributed by atoms with E-state index in [9.17, 15) is 4.79 Å². The van der Waals surface area contributed by atoms with E-state index in [1.807, 2.05) is 0 Å². The molecule has 0 aliphatic heterocycles. The van der Waals surface area contributed by atoms with Gasteiger partial charge in [0.15, 0.2) is 0 Å². The van der Waals surface area contributed by atoms with Gasteiger partial charge in [0.05, 0.1) is 15.6 Å². The average molecular weight is 376 g/mol. The molecule has 2 rings (SSSR count). The van der Waals surface area contributed by atoms with Gasteiger partial charge in [-0.1, -0.05) is 43.1 Å². The maximum Gasteiger partial charge on any atom is 0.252 e. The number of carbonyl (C=O) groups is 1. The fourth-order valence-electron chi connectivity index (χ4n) is 2.52. The predicted octanol–water partition coefficient (Wildman–Crippen LogP) is 3.82. The van der Waals surface area contributed by atoms with Crippen LogP contribution in [0.25, 0.3) is 0 Å². The second kappa shape index (κ2) is 6.41. The first-order chi connectivity index (χ1) is 9.44. The minimum Gasteiger partial charge on any atom is -0.391 e. The summed E-state index contributed by atoms with van der Waals surface area (Å²) >= 11 is 14.4. The fourth-order valence-corrected chi connectivity index (χ4v) is 3.27. The van der Waals surface area contributed by atoms with Gasteiger partial charge in [-0.15, -0.1) is 0 Å². The smallest absolute Gasteiger partial charge is 0.252 e. The van der Waals surface area contributed by atoms with Crippen molar-refractivity contribution in [1.82, 2.24) is 5.32 Å². The van der Waals surface area contributed by atoms with Gasteiger partial charge in [0.1, 0.15) is 0 Å². The number of nitrogens with two attached hydrogens (primary N) is 1. The lowest BCUT2D eigenvalue weighted by Crippen LogP contribution is -2.57. The maximum atomic E-state index is 12.4. The van der Waals surface area contributed by atoms with E-state index < -0.39 is 5.54 Å². The monoisotopic (exact) mass is 374 g/mol. The Bertz CT molecular complexity index is 544. The number of hydrogen-bond acceptors (Lipinski definition) is 2. The molecule has 3 N–H and O–H groups in total. The van der Waals surface area contributed by atoms with Crippen LogP contribution < -0.4 is 11.1 Å². The largest absolute Gasteiger partial charge is 0.391 e. The third-order valence-corrected chi connectivity index (χ3v) is 5.32. The van der Waals surface area contributed by atoms with Crippen molar-refractivity contribution in [3.63, 3.8) is 0 Å². The average Bonchev–Trinajstić information content (AvgIpc) is 2.42.